The van der Waals surface area contributed by atoms with Crippen LogP contribution in [-0.2, 0) is 22.2 Å². The minimum absolute atomic E-state index is 0.0563. The summed E-state index contributed by atoms with van der Waals surface area (Å²) in [5.41, 5.74) is 1.32. The summed E-state index contributed by atoms with van der Waals surface area (Å²) in [6.07, 6.45) is 6.88. The number of hydrogen-bond donors (Lipinski definition) is 3. The number of hydrazine groups is 1. The quantitative estimate of drug-likeness (QED) is 0.119. The number of halogens is 2. The molecule has 2 atom stereocenters. The van der Waals surface area contributed by atoms with Crippen molar-refractivity contribution >= 4 is 21.8 Å². The molecule has 3 rings (SSSR count). The Balaban J connectivity index is 1.93. The number of sulfonamides is 1. The second-order valence-electron chi connectivity index (χ2n) is 12.0. The van der Waals surface area contributed by atoms with Gasteiger partial charge in [-0.1, -0.05) is 63.4 Å². The highest BCUT2D eigenvalue weighted by Gasteiger charge is 2.28. The summed E-state index contributed by atoms with van der Waals surface area (Å²) < 4.78 is 54.5. The Morgan fingerprint density at radius 3 is 2.10 bits per heavy atom. The van der Waals surface area contributed by atoms with E-state index >= 15 is 0 Å². The van der Waals surface area contributed by atoms with Gasteiger partial charge in [-0.15, -0.1) is 11.3 Å². The second kappa shape index (κ2) is 19.1. The number of benzene rings is 3. The van der Waals surface area contributed by atoms with Crippen molar-refractivity contribution in [3.05, 3.63) is 106 Å². The van der Waals surface area contributed by atoms with E-state index in [4.69, 9.17) is 6.42 Å². The molecule has 264 valence electrons. The van der Waals surface area contributed by atoms with Crippen LogP contribution in [0.25, 0.3) is 0 Å². The van der Waals surface area contributed by atoms with E-state index < -0.39 is 39.7 Å². The molecule has 49 heavy (non-hydrogen) atoms. The average Bonchev–Trinajstić information content (AvgIpc) is 3.05. The zero-order valence-electron chi connectivity index (χ0n) is 28.3. The van der Waals surface area contributed by atoms with Crippen molar-refractivity contribution in [1.29, 1.82) is 0 Å². The number of aliphatic hydroxyl groups excluding tert-OH is 1. The summed E-state index contributed by atoms with van der Waals surface area (Å²) >= 11 is 0. The van der Waals surface area contributed by atoms with Crippen molar-refractivity contribution < 1.29 is 31.9 Å². The summed E-state index contributed by atoms with van der Waals surface area (Å²) in [4.78, 5) is 31.4. The summed E-state index contributed by atoms with van der Waals surface area (Å²) in [6, 6.07) is 14.8. The maximum Gasteiger partial charge on any atom is 0.253 e. The summed E-state index contributed by atoms with van der Waals surface area (Å²) in [6.45, 7) is 6.89. The molecule has 9 nitrogen and oxygen atoms in total. The molecule has 0 saturated heterocycles. The first kappa shape index (κ1) is 39.3. The third kappa shape index (κ3) is 12.7. The number of terminal acetylenes is 1. The van der Waals surface area contributed by atoms with Crippen LogP contribution in [0.5, 0.6) is 0 Å². The fourth-order valence-corrected chi connectivity index (χ4v) is 6.67. The lowest BCUT2D eigenvalue weighted by Crippen LogP contribution is -2.53. The van der Waals surface area contributed by atoms with E-state index in [-0.39, 0.29) is 47.9 Å². The van der Waals surface area contributed by atoms with Crippen LogP contribution < -0.4 is 10.1 Å². The number of carbonyl (C=O) groups excluding carboxylic acids is 2. The Bertz CT molecular complexity index is 1670. The summed E-state index contributed by atoms with van der Waals surface area (Å²) in [5, 5.41) is 15.6. The largest absolute Gasteiger partial charge is 0.390 e. The van der Waals surface area contributed by atoms with Gasteiger partial charge < -0.3 is 15.3 Å². The van der Waals surface area contributed by atoms with Gasteiger partial charge in [0.2, 0.25) is 10.0 Å². The van der Waals surface area contributed by atoms with Gasteiger partial charge in [-0.3, -0.25) is 9.59 Å². The molecular formula is C37H46F2N4O5S. The second-order valence-corrected chi connectivity index (χ2v) is 13.7. The van der Waals surface area contributed by atoms with Crippen LogP contribution in [0.15, 0.2) is 66.7 Å². The minimum Gasteiger partial charge on any atom is -0.390 e. The standard InChI is InChI=1S/C37H46F2N4O5S/c1-5-9-17-43(41-49(47,48)26-28-13-11-10-12-14-28)25-35(44)34(22-29-20-32(38)24-33(39)21-29)40-36(45)30-18-27(8-4)19-31(23-30)37(46)42(15-6-2)16-7-3/h4,10-14,18-21,23-24,34-35,41,44H,5-7,9,15-17,22,25-26H2,1-3H3,(H,40,45). The fourth-order valence-electron chi connectivity index (χ4n) is 5.42. The van der Waals surface area contributed by atoms with Crippen molar-refractivity contribution in [3.8, 4) is 12.3 Å². The molecule has 0 saturated carbocycles. The molecule has 0 aliphatic carbocycles. The molecule has 0 bridgehead atoms. The molecular weight excluding hydrogens is 650 g/mol. The predicted octanol–water partition coefficient (Wildman–Crippen LogP) is 5.05. The fraction of sp³-hybridized carbons (Fsp3) is 0.405. The third-order valence-electron chi connectivity index (χ3n) is 7.70. The van der Waals surface area contributed by atoms with Crippen molar-refractivity contribution in [2.45, 2.75) is 70.8 Å². The number of nitrogens with one attached hydrogen (secondary N) is 2. The lowest BCUT2D eigenvalue weighted by atomic mass is 9.99. The number of aliphatic hydroxyl groups is 1. The molecule has 2 unspecified atom stereocenters. The van der Waals surface area contributed by atoms with Crippen LogP contribution in [0.1, 0.15) is 83.9 Å². The minimum atomic E-state index is -3.88. The van der Waals surface area contributed by atoms with Gasteiger partial charge in [0.1, 0.15) is 11.6 Å². The Hall–Kier alpha value is -4.15. The van der Waals surface area contributed by atoms with E-state index in [1.807, 2.05) is 20.8 Å². The number of amides is 2. The molecule has 0 aliphatic heterocycles. The predicted molar refractivity (Wildman–Crippen MR) is 187 cm³/mol. The van der Waals surface area contributed by atoms with Crippen LogP contribution in [0.4, 0.5) is 8.78 Å². The normalized spacial score (nSPS) is 12.7. The smallest absolute Gasteiger partial charge is 0.253 e. The van der Waals surface area contributed by atoms with Gasteiger partial charge in [-0.25, -0.2) is 22.2 Å². The number of nitrogens with zero attached hydrogens (tertiary/aromatic N) is 2. The molecule has 0 radical (unpaired) electrons. The Morgan fingerprint density at radius 1 is 0.878 bits per heavy atom. The molecule has 0 aromatic heterocycles. The van der Waals surface area contributed by atoms with Gasteiger partial charge in [0.25, 0.3) is 11.8 Å². The molecule has 3 aromatic rings. The van der Waals surface area contributed by atoms with Crippen molar-refractivity contribution in [2.75, 3.05) is 26.2 Å². The molecule has 0 fully saturated rings. The van der Waals surface area contributed by atoms with Gasteiger partial charge in [0.15, 0.2) is 0 Å². The monoisotopic (exact) mass is 696 g/mol. The van der Waals surface area contributed by atoms with Crippen LogP contribution >= 0.6 is 0 Å². The summed E-state index contributed by atoms with van der Waals surface area (Å²) in [5.74, 6) is -0.449. The summed E-state index contributed by atoms with van der Waals surface area (Å²) in [7, 11) is -3.88. The lowest BCUT2D eigenvalue weighted by molar-refractivity contribution is 0.0614. The van der Waals surface area contributed by atoms with Crippen LogP contribution in [0.3, 0.4) is 0 Å². The van der Waals surface area contributed by atoms with E-state index in [0.29, 0.717) is 36.7 Å². The molecule has 0 spiro atoms. The van der Waals surface area contributed by atoms with E-state index in [1.165, 1.54) is 23.2 Å². The van der Waals surface area contributed by atoms with Gasteiger partial charge in [-0.05, 0) is 67.1 Å². The van der Waals surface area contributed by atoms with Crippen molar-refractivity contribution in [1.82, 2.24) is 20.1 Å². The SMILES string of the molecule is C#Cc1cc(C(=O)NC(Cc2cc(F)cc(F)c2)C(O)CN(CCCC)NS(=O)(=O)Cc2ccccc2)cc(C(=O)N(CCC)CCC)c1. The van der Waals surface area contributed by atoms with Gasteiger partial charge in [-0.2, -0.15) is 0 Å². The van der Waals surface area contributed by atoms with Crippen molar-refractivity contribution in [3.63, 3.8) is 0 Å². The number of hydrogen-bond acceptors (Lipinski definition) is 6. The molecule has 2 amide bonds. The Kier molecular flexibility index (Phi) is 15.4. The Labute approximate surface area is 288 Å². The lowest BCUT2D eigenvalue weighted by Gasteiger charge is -2.30. The van der Waals surface area contributed by atoms with Gasteiger partial charge >= 0.3 is 0 Å². The maximum atomic E-state index is 14.2. The van der Waals surface area contributed by atoms with Crippen molar-refractivity contribution in [2.24, 2.45) is 0 Å². The molecule has 12 heteroatoms. The molecule has 3 aromatic carbocycles. The van der Waals surface area contributed by atoms with E-state index in [1.54, 1.807) is 35.2 Å². The first-order valence-corrected chi connectivity index (χ1v) is 18.2. The number of unbranched alkanes of at least 4 members (excludes halogenated alkanes) is 1. The van der Waals surface area contributed by atoms with E-state index in [9.17, 15) is 31.9 Å². The topological polar surface area (TPSA) is 119 Å². The molecule has 0 heterocycles. The zero-order chi connectivity index (χ0) is 36.0. The Morgan fingerprint density at radius 2 is 1.51 bits per heavy atom. The number of carbonyl (C=O) groups is 2. The van der Waals surface area contributed by atoms with Gasteiger partial charge in [0.05, 0.1) is 17.9 Å². The maximum absolute atomic E-state index is 14.2. The zero-order valence-corrected chi connectivity index (χ0v) is 29.1. The van der Waals surface area contributed by atoms with Crippen LogP contribution in [-0.4, -0.2) is 73.6 Å². The molecule has 3 N–H and O–H groups in total. The average molecular weight is 697 g/mol. The van der Waals surface area contributed by atoms with Crippen LogP contribution in [0, 0.1) is 24.0 Å². The highest BCUT2D eigenvalue weighted by atomic mass is 32.2. The highest BCUT2D eigenvalue weighted by Crippen LogP contribution is 2.17. The first-order valence-electron chi connectivity index (χ1n) is 16.5. The molecule has 0 aliphatic rings. The number of rotatable bonds is 19. The highest BCUT2D eigenvalue weighted by molar-refractivity contribution is 7.88. The van der Waals surface area contributed by atoms with Crippen LogP contribution in [0.2, 0.25) is 0 Å². The first-order chi connectivity index (χ1) is 23.4. The third-order valence-corrected chi connectivity index (χ3v) is 8.95. The van der Waals surface area contributed by atoms with E-state index in [0.717, 1.165) is 31.4 Å². The van der Waals surface area contributed by atoms with Gasteiger partial charge in [0, 0.05) is 48.9 Å². The van der Waals surface area contributed by atoms with E-state index in [2.05, 4.69) is 16.1 Å².